The van der Waals surface area contributed by atoms with Gasteiger partial charge >= 0.3 is 5.97 Å². The topological polar surface area (TPSA) is 61.5 Å². The Labute approximate surface area is 109 Å². The van der Waals surface area contributed by atoms with Gasteiger partial charge in [-0.3, -0.25) is 4.79 Å². The van der Waals surface area contributed by atoms with Crippen molar-refractivity contribution in [1.29, 1.82) is 0 Å². The van der Waals surface area contributed by atoms with Crippen LogP contribution in [0.2, 0.25) is 0 Å². The molecule has 2 N–H and O–H groups in total. The number of nitrogens with two attached hydrogens (primary N) is 1. The summed E-state index contributed by atoms with van der Waals surface area (Å²) in [5, 5.41) is 0. The molecule has 0 saturated heterocycles. The fourth-order valence-corrected chi connectivity index (χ4v) is 2.26. The summed E-state index contributed by atoms with van der Waals surface area (Å²) in [7, 11) is 1.28. The lowest BCUT2D eigenvalue weighted by Crippen LogP contribution is -2.47. The number of carbonyl (C=O) groups is 1. The summed E-state index contributed by atoms with van der Waals surface area (Å²) >= 11 is 0. The van der Waals surface area contributed by atoms with E-state index in [1.165, 1.54) is 13.2 Å². The molecule has 1 aromatic rings. The maximum absolute atomic E-state index is 13.0. The molecule has 2 rings (SSSR count). The van der Waals surface area contributed by atoms with Gasteiger partial charge in [0.25, 0.3) is 0 Å². The standard InChI is InChI=1S/C13H15F2NO3/c1-18-12(17)13(16)5-4-9(7-13)19-8-2-3-10(14)11(15)6-8/h2-3,6,9H,4-5,7,16H2,1H3. The molecule has 19 heavy (non-hydrogen) atoms. The molecule has 0 aliphatic heterocycles. The van der Waals surface area contributed by atoms with E-state index in [4.69, 9.17) is 10.5 Å². The average molecular weight is 271 g/mol. The molecule has 1 aliphatic carbocycles. The zero-order valence-corrected chi connectivity index (χ0v) is 10.5. The number of benzene rings is 1. The Balaban J connectivity index is 2.02. The molecule has 1 fully saturated rings. The van der Waals surface area contributed by atoms with Gasteiger partial charge in [0.2, 0.25) is 0 Å². The van der Waals surface area contributed by atoms with Gasteiger partial charge in [0.15, 0.2) is 11.6 Å². The lowest BCUT2D eigenvalue weighted by atomic mass is 10.00. The highest BCUT2D eigenvalue weighted by molar-refractivity contribution is 5.80. The number of hydrogen-bond acceptors (Lipinski definition) is 4. The van der Waals surface area contributed by atoms with E-state index in [2.05, 4.69) is 4.74 Å². The van der Waals surface area contributed by atoms with Crippen LogP contribution in [-0.2, 0) is 9.53 Å². The summed E-state index contributed by atoms with van der Waals surface area (Å²) in [5.41, 5.74) is 4.87. The largest absolute Gasteiger partial charge is 0.490 e. The Kier molecular flexibility index (Phi) is 3.71. The van der Waals surface area contributed by atoms with Crippen molar-refractivity contribution in [2.75, 3.05) is 7.11 Å². The highest BCUT2D eigenvalue weighted by Gasteiger charge is 2.44. The third-order valence-corrected chi connectivity index (χ3v) is 3.29. The van der Waals surface area contributed by atoms with Crippen LogP contribution in [0.25, 0.3) is 0 Å². The summed E-state index contributed by atoms with van der Waals surface area (Å²) in [4.78, 5) is 11.5. The molecule has 1 saturated carbocycles. The van der Waals surface area contributed by atoms with Gasteiger partial charge in [-0.1, -0.05) is 0 Å². The first-order chi connectivity index (χ1) is 8.94. The number of methoxy groups -OCH3 is 1. The first kappa shape index (κ1) is 13.7. The van der Waals surface area contributed by atoms with E-state index in [0.29, 0.717) is 19.3 Å². The average Bonchev–Trinajstić information content (AvgIpc) is 2.76. The minimum absolute atomic E-state index is 0.220. The van der Waals surface area contributed by atoms with E-state index in [1.54, 1.807) is 0 Å². The van der Waals surface area contributed by atoms with Crippen molar-refractivity contribution < 1.29 is 23.0 Å². The molecular formula is C13H15F2NO3. The summed E-state index contributed by atoms with van der Waals surface area (Å²) in [6, 6.07) is 3.31. The Morgan fingerprint density at radius 2 is 2.16 bits per heavy atom. The van der Waals surface area contributed by atoms with Gasteiger partial charge in [-0.25, -0.2) is 8.78 Å². The van der Waals surface area contributed by atoms with Crippen LogP contribution in [-0.4, -0.2) is 24.7 Å². The third-order valence-electron chi connectivity index (χ3n) is 3.29. The zero-order valence-electron chi connectivity index (χ0n) is 10.5. The molecule has 2 atom stereocenters. The Morgan fingerprint density at radius 3 is 2.79 bits per heavy atom. The van der Waals surface area contributed by atoms with Gasteiger partial charge in [0.05, 0.1) is 7.11 Å². The quantitative estimate of drug-likeness (QED) is 0.851. The van der Waals surface area contributed by atoms with Crippen molar-refractivity contribution >= 4 is 5.97 Å². The molecule has 6 heteroatoms. The molecule has 0 bridgehead atoms. The molecule has 1 aromatic carbocycles. The number of ether oxygens (including phenoxy) is 2. The van der Waals surface area contributed by atoms with E-state index >= 15 is 0 Å². The second-order valence-corrected chi connectivity index (χ2v) is 4.71. The molecule has 2 unspecified atom stereocenters. The van der Waals surface area contributed by atoms with Gasteiger partial charge in [-0.15, -0.1) is 0 Å². The highest BCUT2D eigenvalue weighted by atomic mass is 19.2. The summed E-state index contributed by atoms with van der Waals surface area (Å²) in [6.07, 6.45) is 0.978. The van der Waals surface area contributed by atoms with E-state index in [0.717, 1.165) is 12.1 Å². The second kappa shape index (κ2) is 5.13. The second-order valence-electron chi connectivity index (χ2n) is 4.71. The fraction of sp³-hybridized carbons (Fsp3) is 0.462. The molecule has 1 aliphatic rings. The van der Waals surface area contributed by atoms with Crippen LogP contribution in [0, 0.1) is 11.6 Å². The first-order valence-electron chi connectivity index (χ1n) is 5.93. The SMILES string of the molecule is COC(=O)C1(N)CCC(Oc2ccc(F)c(F)c2)C1. The summed E-state index contributed by atoms with van der Waals surface area (Å²) in [5.74, 6) is -2.16. The van der Waals surface area contributed by atoms with E-state index in [1.807, 2.05) is 0 Å². The monoisotopic (exact) mass is 271 g/mol. The van der Waals surface area contributed by atoms with E-state index in [-0.39, 0.29) is 11.9 Å². The Hall–Kier alpha value is -1.69. The molecule has 0 aromatic heterocycles. The minimum atomic E-state index is -1.06. The van der Waals surface area contributed by atoms with Crippen LogP contribution in [0.4, 0.5) is 8.78 Å². The zero-order chi connectivity index (χ0) is 14.0. The molecular weight excluding hydrogens is 256 g/mol. The van der Waals surface area contributed by atoms with Crippen molar-refractivity contribution in [3.8, 4) is 5.75 Å². The normalized spacial score (nSPS) is 26.2. The van der Waals surface area contributed by atoms with Crippen LogP contribution in [0.15, 0.2) is 18.2 Å². The Bertz CT molecular complexity index is 495. The first-order valence-corrected chi connectivity index (χ1v) is 5.93. The van der Waals surface area contributed by atoms with Gasteiger partial charge in [0.1, 0.15) is 17.4 Å². The molecule has 0 radical (unpaired) electrons. The smallest absolute Gasteiger partial charge is 0.325 e. The number of hydrogen-bond donors (Lipinski definition) is 1. The maximum atomic E-state index is 13.0. The van der Waals surface area contributed by atoms with Crippen molar-refractivity contribution in [2.24, 2.45) is 5.73 Å². The predicted molar refractivity (Wildman–Crippen MR) is 63.6 cm³/mol. The van der Waals surface area contributed by atoms with Crippen molar-refractivity contribution in [3.05, 3.63) is 29.8 Å². The lowest BCUT2D eigenvalue weighted by Gasteiger charge is -2.20. The van der Waals surface area contributed by atoms with Gasteiger partial charge in [-0.2, -0.15) is 0 Å². The number of carbonyl (C=O) groups excluding carboxylic acids is 1. The predicted octanol–water partition coefficient (Wildman–Crippen LogP) is 1.77. The lowest BCUT2D eigenvalue weighted by molar-refractivity contribution is -0.147. The summed E-state index contributed by atoms with van der Waals surface area (Å²) < 4.78 is 36.0. The van der Waals surface area contributed by atoms with E-state index in [9.17, 15) is 13.6 Å². The van der Waals surface area contributed by atoms with Gasteiger partial charge < -0.3 is 15.2 Å². The van der Waals surface area contributed by atoms with Gasteiger partial charge in [0, 0.05) is 12.5 Å². The molecule has 0 heterocycles. The molecule has 104 valence electrons. The van der Waals surface area contributed by atoms with Crippen LogP contribution < -0.4 is 10.5 Å². The fourth-order valence-electron chi connectivity index (χ4n) is 2.26. The van der Waals surface area contributed by atoms with Gasteiger partial charge in [-0.05, 0) is 25.0 Å². The molecule has 4 nitrogen and oxygen atoms in total. The summed E-state index contributed by atoms with van der Waals surface area (Å²) in [6.45, 7) is 0. The van der Waals surface area contributed by atoms with Crippen LogP contribution >= 0.6 is 0 Å². The van der Waals surface area contributed by atoms with Crippen molar-refractivity contribution in [3.63, 3.8) is 0 Å². The van der Waals surface area contributed by atoms with Crippen molar-refractivity contribution in [2.45, 2.75) is 30.9 Å². The van der Waals surface area contributed by atoms with Crippen LogP contribution in [0.3, 0.4) is 0 Å². The van der Waals surface area contributed by atoms with Crippen LogP contribution in [0.1, 0.15) is 19.3 Å². The Morgan fingerprint density at radius 1 is 1.42 bits per heavy atom. The molecule has 0 spiro atoms. The number of rotatable bonds is 3. The molecule has 0 amide bonds. The minimum Gasteiger partial charge on any atom is -0.490 e. The highest BCUT2D eigenvalue weighted by Crippen LogP contribution is 2.32. The maximum Gasteiger partial charge on any atom is 0.325 e. The number of halogens is 2. The van der Waals surface area contributed by atoms with Crippen LogP contribution in [0.5, 0.6) is 5.75 Å². The van der Waals surface area contributed by atoms with Crippen molar-refractivity contribution in [1.82, 2.24) is 0 Å². The van der Waals surface area contributed by atoms with E-state index < -0.39 is 23.1 Å². The number of esters is 1. The third kappa shape index (κ3) is 2.84.